The van der Waals surface area contributed by atoms with Gasteiger partial charge in [0.15, 0.2) is 0 Å². The average Bonchev–Trinajstić information content (AvgIpc) is 3.13. The predicted molar refractivity (Wildman–Crippen MR) is 134 cm³/mol. The van der Waals surface area contributed by atoms with Crippen LogP contribution in [-0.2, 0) is 27.8 Å². The van der Waals surface area contributed by atoms with Gasteiger partial charge in [0.1, 0.15) is 5.82 Å². The van der Waals surface area contributed by atoms with Crippen LogP contribution in [0.2, 0.25) is 0 Å². The number of nitrogens with zero attached hydrogens (tertiary/aromatic N) is 3. The van der Waals surface area contributed by atoms with Gasteiger partial charge in [0.2, 0.25) is 10.0 Å². The number of imidazole rings is 1. The van der Waals surface area contributed by atoms with Crippen molar-refractivity contribution in [1.29, 1.82) is 0 Å². The molecule has 3 rings (SSSR count). The summed E-state index contributed by atoms with van der Waals surface area (Å²) in [5.41, 5.74) is 2.96. The van der Waals surface area contributed by atoms with Crippen molar-refractivity contribution in [2.24, 2.45) is 5.92 Å². The van der Waals surface area contributed by atoms with Crippen molar-refractivity contribution in [3.05, 3.63) is 48.3 Å². The first-order chi connectivity index (χ1) is 16.1. The van der Waals surface area contributed by atoms with E-state index in [4.69, 9.17) is 9.72 Å². The monoisotopic (exact) mass is 487 g/mol. The molecule has 0 bridgehead atoms. The highest BCUT2D eigenvalue weighted by Gasteiger charge is 2.19. The van der Waals surface area contributed by atoms with Gasteiger partial charge in [-0.25, -0.2) is 22.5 Å². The van der Waals surface area contributed by atoms with E-state index >= 15 is 0 Å². The third-order valence-corrected chi connectivity index (χ3v) is 6.94. The summed E-state index contributed by atoms with van der Waals surface area (Å²) in [7, 11) is -0.517. The van der Waals surface area contributed by atoms with Crippen molar-refractivity contribution in [3.63, 3.8) is 0 Å². The summed E-state index contributed by atoms with van der Waals surface area (Å²) in [6.07, 6.45) is 0.424. The first-order valence-electron chi connectivity index (χ1n) is 11.3. The molecule has 2 aromatic carbocycles. The van der Waals surface area contributed by atoms with Crippen LogP contribution in [0.1, 0.15) is 33.0 Å². The van der Waals surface area contributed by atoms with Crippen molar-refractivity contribution in [3.8, 4) is 0 Å². The molecule has 1 amide bonds. The molecule has 34 heavy (non-hydrogen) atoms. The molecule has 0 saturated carbocycles. The quantitative estimate of drug-likeness (QED) is 0.436. The maximum atomic E-state index is 12.5. The van der Waals surface area contributed by atoms with Gasteiger partial charge in [-0.15, -0.1) is 0 Å². The Bertz CT molecular complexity index is 1250. The molecule has 3 aromatic rings. The number of amides is 1. The molecule has 0 aliphatic heterocycles. The Morgan fingerprint density at radius 2 is 1.88 bits per heavy atom. The van der Waals surface area contributed by atoms with Gasteiger partial charge in [-0.1, -0.05) is 26.8 Å². The number of rotatable bonds is 10. The Hall–Kier alpha value is -3.11. The van der Waals surface area contributed by atoms with Crippen LogP contribution in [0.4, 0.5) is 16.2 Å². The third-order valence-electron chi connectivity index (χ3n) is 5.13. The Morgan fingerprint density at radius 1 is 1.15 bits per heavy atom. The minimum absolute atomic E-state index is 0.216. The van der Waals surface area contributed by atoms with E-state index in [1.54, 1.807) is 18.2 Å². The van der Waals surface area contributed by atoms with E-state index in [-0.39, 0.29) is 10.8 Å². The second kappa shape index (κ2) is 10.9. The lowest BCUT2D eigenvalue weighted by molar-refractivity contribution is 0.147. The van der Waals surface area contributed by atoms with Gasteiger partial charge in [0, 0.05) is 32.0 Å². The normalized spacial score (nSPS) is 11.9. The zero-order chi connectivity index (χ0) is 24.9. The summed E-state index contributed by atoms with van der Waals surface area (Å²) in [6, 6.07) is 12.4. The molecule has 184 valence electrons. The molecule has 0 aliphatic carbocycles. The van der Waals surface area contributed by atoms with Crippen molar-refractivity contribution < 1.29 is 17.9 Å². The summed E-state index contributed by atoms with van der Waals surface area (Å²) in [5, 5.41) is 6.08. The molecule has 1 heterocycles. The van der Waals surface area contributed by atoms with Crippen LogP contribution in [0.3, 0.4) is 0 Å². The number of fused-ring (bicyclic) bond motifs is 1. The Labute approximate surface area is 201 Å². The molecular weight excluding hydrogens is 454 g/mol. The van der Waals surface area contributed by atoms with E-state index in [2.05, 4.69) is 22.1 Å². The predicted octanol–water partition coefficient (Wildman–Crippen LogP) is 4.51. The Kier molecular flexibility index (Phi) is 8.16. The highest BCUT2D eigenvalue weighted by Crippen LogP contribution is 2.23. The van der Waals surface area contributed by atoms with E-state index in [0.29, 0.717) is 24.4 Å². The smallest absolute Gasteiger partial charge is 0.411 e. The number of carbonyl (C=O) groups excluding carboxylic acids is 1. The molecule has 9 nitrogen and oxygen atoms in total. The number of aromatic nitrogens is 2. The van der Waals surface area contributed by atoms with Crippen LogP contribution in [0.15, 0.2) is 47.4 Å². The SMILES string of the molecule is CCCn1c(CNc2cccc(NC(=O)OCC(C)C)c2)nc2cc(S(=O)(=O)N(C)C)ccc21. The van der Waals surface area contributed by atoms with Crippen LogP contribution in [0.25, 0.3) is 11.0 Å². The van der Waals surface area contributed by atoms with Crippen molar-refractivity contribution >= 4 is 38.5 Å². The zero-order valence-electron chi connectivity index (χ0n) is 20.3. The van der Waals surface area contributed by atoms with Crippen LogP contribution in [0.5, 0.6) is 0 Å². The molecule has 0 spiro atoms. The first kappa shape index (κ1) is 25.5. The maximum Gasteiger partial charge on any atom is 0.411 e. The lowest BCUT2D eigenvalue weighted by atomic mass is 10.2. The maximum absolute atomic E-state index is 12.5. The van der Waals surface area contributed by atoms with Crippen LogP contribution in [-0.4, -0.2) is 49.1 Å². The highest BCUT2D eigenvalue weighted by molar-refractivity contribution is 7.89. The van der Waals surface area contributed by atoms with Gasteiger partial charge < -0.3 is 14.6 Å². The van der Waals surface area contributed by atoms with E-state index in [0.717, 1.165) is 30.0 Å². The summed E-state index contributed by atoms with van der Waals surface area (Å²) in [5.74, 6) is 1.06. The number of sulfonamides is 1. The zero-order valence-corrected chi connectivity index (χ0v) is 21.1. The fourth-order valence-electron chi connectivity index (χ4n) is 3.42. The molecule has 0 aliphatic rings. The van der Waals surface area contributed by atoms with Gasteiger partial charge in [-0.3, -0.25) is 5.32 Å². The molecule has 2 N–H and O–H groups in total. The second-order valence-electron chi connectivity index (χ2n) is 8.67. The summed E-state index contributed by atoms with van der Waals surface area (Å²) < 4.78 is 33.5. The number of anilines is 2. The lowest BCUT2D eigenvalue weighted by Crippen LogP contribution is -2.22. The molecule has 0 unspecified atom stereocenters. The van der Waals surface area contributed by atoms with E-state index < -0.39 is 16.1 Å². The molecule has 0 saturated heterocycles. The fourth-order valence-corrected chi connectivity index (χ4v) is 4.35. The standard InChI is InChI=1S/C24H33N5O4S/c1-6-12-29-22-11-10-20(34(31,32)28(4)5)14-21(22)27-23(29)15-25-18-8-7-9-19(13-18)26-24(30)33-16-17(2)3/h7-11,13-14,17,25H,6,12,15-16H2,1-5H3,(H,26,30). The minimum atomic E-state index is -3.54. The topological polar surface area (TPSA) is 106 Å². The van der Waals surface area contributed by atoms with E-state index in [1.807, 2.05) is 38.1 Å². The van der Waals surface area contributed by atoms with Crippen LogP contribution >= 0.6 is 0 Å². The number of nitrogens with one attached hydrogen (secondary N) is 2. The lowest BCUT2D eigenvalue weighted by Gasteiger charge is -2.12. The van der Waals surface area contributed by atoms with Gasteiger partial charge in [0.05, 0.1) is 29.1 Å². The molecule has 0 atom stereocenters. The van der Waals surface area contributed by atoms with Gasteiger partial charge in [-0.05, 0) is 48.7 Å². The highest BCUT2D eigenvalue weighted by atomic mass is 32.2. The molecule has 0 radical (unpaired) electrons. The van der Waals surface area contributed by atoms with E-state index in [9.17, 15) is 13.2 Å². The van der Waals surface area contributed by atoms with Gasteiger partial charge in [-0.2, -0.15) is 0 Å². The Balaban J connectivity index is 1.79. The van der Waals surface area contributed by atoms with Crippen molar-refractivity contribution in [2.75, 3.05) is 31.3 Å². The summed E-state index contributed by atoms with van der Waals surface area (Å²) >= 11 is 0. The third kappa shape index (κ3) is 6.06. The number of ether oxygens (including phenoxy) is 1. The Morgan fingerprint density at radius 3 is 2.56 bits per heavy atom. The van der Waals surface area contributed by atoms with Crippen molar-refractivity contribution in [1.82, 2.24) is 13.9 Å². The number of carbonyl (C=O) groups is 1. The largest absolute Gasteiger partial charge is 0.449 e. The second-order valence-corrected chi connectivity index (χ2v) is 10.8. The van der Waals surface area contributed by atoms with Crippen LogP contribution < -0.4 is 10.6 Å². The summed E-state index contributed by atoms with van der Waals surface area (Å²) in [6.45, 7) is 7.59. The number of aryl methyl sites for hydroxylation is 1. The average molecular weight is 488 g/mol. The molecule has 10 heteroatoms. The fraction of sp³-hybridized carbons (Fsp3) is 0.417. The molecule has 1 aromatic heterocycles. The van der Waals surface area contributed by atoms with Gasteiger partial charge in [0.25, 0.3) is 0 Å². The number of hydrogen-bond acceptors (Lipinski definition) is 6. The minimum Gasteiger partial charge on any atom is -0.449 e. The number of hydrogen-bond donors (Lipinski definition) is 2. The van der Waals surface area contributed by atoms with Gasteiger partial charge >= 0.3 is 6.09 Å². The first-order valence-corrected chi connectivity index (χ1v) is 12.7. The molecule has 0 fully saturated rings. The van der Waals surface area contributed by atoms with Crippen molar-refractivity contribution in [2.45, 2.75) is 45.2 Å². The molecular formula is C24H33N5O4S. The summed E-state index contributed by atoms with van der Waals surface area (Å²) in [4.78, 5) is 16.9. The van der Waals surface area contributed by atoms with E-state index in [1.165, 1.54) is 18.4 Å². The van der Waals surface area contributed by atoms with Crippen LogP contribution in [0, 0.1) is 5.92 Å². The number of benzene rings is 2.